The lowest BCUT2D eigenvalue weighted by molar-refractivity contribution is 0.0827. The Morgan fingerprint density at radius 2 is 1.90 bits per heavy atom. The number of aliphatic hydroxyl groups is 1. The van der Waals surface area contributed by atoms with E-state index in [1.54, 1.807) is 25.2 Å². The van der Waals surface area contributed by atoms with Crippen molar-refractivity contribution in [3.05, 3.63) is 59.3 Å². The van der Waals surface area contributed by atoms with Gasteiger partial charge in [0.2, 0.25) is 0 Å². The van der Waals surface area contributed by atoms with Crippen LogP contribution in [0, 0.1) is 0 Å². The monoisotopic (exact) mass is 410 g/mol. The molecule has 30 heavy (non-hydrogen) atoms. The number of carbonyl (C=O) groups excluding carboxylic acids is 1. The lowest BCUT2D eigenvalue weighted by Gasteiger charge is -2.23. The van der Waals surface area contributed by atoms with Crippen molar-refractivity contribution in [1.29, 1.82) is 0 Å². The van der Waals surface area contributed by atoms with E-state index in [0.717, 1.165) is 30.6 Å². The van der Waals surface area contributed by atoms with Crippen LogP contribution in [0.4, 0.5) is 5.82 Å². The minimum atomic E-state index is -0.578. The molecule has 0 radical (unpaired) electrons. The Bertz CT molecular complexity index is 841. The maximum Gasteiger partial charge on any atom is 0.253 e. The molecule has 6 nitrogen and oxygen atoms in total. The molecule has 0 saturated carbocycles. The number of nitrogens with one attached hydrogen (secondary N) is 2. The second-order valence-corrected chi connectivity index (χ2v) is 9.44. The Kier molecular flexibility index (Phi) is 6.78. The molecule has 2 aromatic rings. The Hall–Kier alpha value is -2.44. The van der Waals surface area contributed by atoms with Crippen LogP contribution in [0.3, 0.4) is 0 Å². The highest BCUT2D eigenvalue weighted by molar-refractivity contribution is 5.93. The maximum absolute atomic E-state index is 12.0. The van der Waals surface area contributed by atoms with Gasteiger partial charge in [-0.05, 0) is 63.8 Å². The number of amides is 1. The van der Waals surface area contributed by atoms with E-state index in [-0.39, 0.29) is 17.5 Å². The Balaban J connectivity index is 1.55. The number of aromatic nitrogens is 1. The van der Waals surface area contributed by atoms with Crippen LogP contribution in [0.15, 0.2) is 42.6 Å². The van der Waals surface area contributed by atoms with E-state index < -0.39 is 6.10 Å². The zero-order chi connectivity index (χ0) is 21.9. The van der Waals surface area contributed by atoms with E-state index in [1.165, 1.54) is 5.56 Å². The molecule has 1 fully saturated rings. The van der Waals surface area contributed by atoms with E-state index in [1.807, 2.05) is 36.4 Å². The van der Waals surface area contributed by atoms with Gasteiger partial charge in [-0.1, -0.05) is 18.2 Å². The summed E-state index contributed by atoms with van der Waals surface area (Å²) in [5.41, 5.74) is 2.68. The fourth-order valence-corrected chi connectivity index (χ4v) is 3.86. The first kappa shape index (κ1) is 22.2. The molecule has 162 valence electrons. The van der Waals surface area contributed by atoms with E-state index in [9.17, 15) is 9.90 Å². The predicted molar refractivity (Wildman–Crippen MR) is 121 cm³/mol. The fraction of sp³-hybridized carbons (Fsp3) is 0.500. The van der Waals surface area contributed by atoms with Crippen molar-refractivity contribution in [1.82, 2.24) is 15.2 Å². The third-order valence-corrected chi connectivity index (χ3v) is 5.38. The molecule has 1 saturated heterocycles. The molecule has 1 amide bonds. The average Bonchev–Trinajstić information content (AvgIpc) is 3.15. The summed E-state index contributed by atoms with van der Waals surface area (Å²) in [5, 5.41) is 17.7. The van der Waals surface area contributed by atoms with Gasteiger partial charge in [0.1, 0.15) is 5.82 Å². The smallest absolute Gasteiger partial charge is 0.253 e. The number of hydrogen-bond donors (Lipinski definition) is 3. The minimum absolute atomic E-state index is 0.0149. The average molecular weight is 411 g/mol. The van der Waals surface area contributed by atoms with Gasteiger partial charge in [-0.3, -0.25) is 4.79 Å². The summed E-state index contributed by atoms with van der Waals surface area (Å²) in [5.74, 6) is 0.827. The number of rotatable bonds is 6. The zero-order valence-electron chi connectivity index (χ0n) is 18.6. The highest BCUT2D eigenvalue weighted by Gasteiger charge is 2.30. The van der Waals surface area contributed by atoms with E-state index >= 15 is 0 Å². The van der Waals surface area contributed by atoms with Gasteiger partial charge in [0.25, 0.3) is 5.91 Å². The van der Waals surface area contributed by atoms with Gasteiger partial charge in [-0.25, -0.2) is 4.98 Å². The van der Waals surface area contributed by atoms with Crippen LogP contribution in [0.25, 0.3) is 0 Å². The van der Waals surface area contributed by atoms with Gasteiger partial charge >= 0.3 is 0 Å². The summed E-state index contributed by atoms with van der Waals surface area (Å²) in [6, 6.07) is 12.0. The van der Waals surface area contributed by atoms with Gasteiger partial charge in [0.15, 0.2) is 0 Å². The lowest BCUT2D eigenvalue weighted by Crippen LogP contribution is -2.35. The van der Waals surface area contributed by atoms with Crippen molar-refractivity contribution < 1.29 is 9.90 Å². The van der Waals surface area contributed by atoms with E-state index in [0.29, 0.717) is 11.6 Å². The van der Waals surface area contributed by atoms with Gasteiger partial charge in [-0.2, -0.15) is 0 Å². The molecule has 6 heteroatoms. The van der Waals surface area contributed by atoms with Crippen LogP contribution >= 0.6 is 0 Å². The molecule has 1 aromatic carbocycles. The maximum atomic E-state index is 12.0. The minimum Gasteiger partial charge on any atom is -0.387 e. The van der Waals surface area contributed by atoms with Gasteiger partial charge in [-0.15, -0.1) is 0 Å². The van der Waals surface area contributed by atoms with Crippen molar-refractivity contribution in [3.8, 4) is 0 Å². The summed E-state index contributed by atoms with van der Waals surface area (Å²) >= 11 is 0. The van der Waals surface area contributed by atoms with Crippen LogP contribution in [0.1, 0.15) is 61.2 Å². The molecule has 0 bridgehead atoms. The third kappa shape index (κ3) is 5.80. The first-order valence-corrected chi connectivity index (χ1v) is 10.6. The number of pyridine rings is 1. The van der Waals surface area contributed by atoms with Gasteiger partial charge < -0.3 is 20.6 Å². The lowest BCUT2D eigenvalue weighted by atomic mass is 10.0. The van der Waals surface area contributed by atoms with Crippen molar-refractivity contribution >= 4 is 11.7 Å². The van der Waals surface area contributed by atoms with Gasteiger partial charge in [0, 0.05) is 49.0 Å². The summed E-state index contributed by atoms with van der Waals surface area (Å²) in [7, 11) is 3.52. The van der Waals surface area contributed by atoms with Crippen molar-refractivity contribution in [2.45, 2.75) is 63.8 Å². The third-order valence-electron chi connectivity index (χ3n) is 5.38. The standard InChI is InChI=1S/C24H34N4O2/c1-24(2,3)27-21-13-10-18(15-25-21)22(29)20-12-11-19(26-20)14-16-6-8-17(9-7-16)23(30)28(4)5/h6-10,13,15,19-20,22,26,29H,11-12,14H2,1-5H3,(H,25,27)/t19-,20+,22+/m0/s1. The summed E-state index contributed by atoms with van der Waals surface area (Å²) in [6.07, 6.45) is 3.99. The molecule has 3 rings (SSSR count). The van der Waals surface area contributed by atoms with E-state index in [2.05, 4.69) is 36.4 Å². The quantitative estimate of drug-likeness (QED) is 0.680. The largest absolute Gasteiger partial charge is 0.387 e. The first-order chi connectivity index (χ1) is 14.1. The second-order valence-electron chi connectivity index (χ2n) is 9.44. The topological polar surface area (TPSA) is 77.5 Å². The van der Waals surface area contributed by atoms with Crippen LogP contribution < -0.4 is 10.6 Å². The van der Waals surface area contributed by atoms with Crippen molar-refractivity contribution in [2.24, 2.45) is 0 Å². The summed E-state index contributed by atoms with van der Waals surface area (Å²) in [4.78, 5) is 18.1. The highest BCUT2D eigenvalue weighted by atomic mass is 16.3. The van der Waals surface area contributed by atoms with Crippen LogP contribution in [0.2, 0.25) is 0 Å². The number of aliphatic hydroxyl groups excluding tert-OH is 1. The predicted octanol–water partition coefficient (Wildman–Crippen LogP) is 3.39. The molecular weight excluding hydrogens is 376 g/mol. The number of hydrogen-bond acceptors (Lipinski definition) is 5. The van der Waals surface area contributed by atoms with Gasteiger partial charge in [0.05, 0.1) is 6.10 Å². The van der Waals surface area contributed by atoms with Crippen LogP contribution in [-0.2, 0) is 6.42 Å². The number of carbonyl (C=O) groups is 1. The fourth-order valence-electron chi connectivity index (χ4n) is 3.86. The Morgan fingerprint density at radius 1 is 1.20 bits per heavy atom. The molecule has 0 unspecified atom stereocenters. The first-order valence-electron chi connectivity index (χ1n) is 10.6. The van der Waals surface area contributed by atoms with E-state index in [4.69, 9.17) is 0 Å². The SMILES string of the molecule is CN(C)C(=O)c1ccc(C[C@@H]2CC[C@H]([C@H](O)c3ccc(NC(C)(C)C)nc3)N2)cc1. The molecule has 1 aliphatic heterocycles. The van der Waals surface area contributed by atoms with Crippen LogP contribution in [-0.4, -0.2) is 52.6 Å². The normalized spacial score (nSPS) is 20.1. The number of anilines is 1. The molecule has 1 aromatic heterocycles. The number of nitrogens with zero attached hydrogens (tertiary/aromatic N) is 2. The number of benzene rings is 1. The summed E-state index contributed by atoms with van der Waals surface area (Å²) < 4.78 is 0. The zero-order valence-corrected chi connectivity index (χ0v) is 18.6. The second kappa shape index (κ2) is 9.14. The molecule has 3 atom stereocenters. The molecular formula is C24H34N4O2. The van der Waals surface area contributed by atoms with Crippen LogP contribution in [0.5, 0.6) is 0 Å². The highest BCUT2D eigenvalue weighted by Crippen LogP contribution is 2.27. The molecule has 2 heterocycles. The van der Waals surface area contributed by atoms with Crippen molar-refractivity contribution in [2.75, 3.05) is 19.4 Å². The summed E-state index contributed by atoms with van der Waals surface area (Å²) in [6.45, 7) is 6.27. The molecule has 1 aliphatic rings. The molecule has 3 N–H and O–H groups in total. The Morgan fingerprint density at radius 3 is 2.47 bits per heavy atom. The molecule has 0 spiro atoms. The Labute approximate surface area is 179 Å². The van der Waals surface area contributed by atoms with Crippen molar-refractivity contribution in [3.63, 3.8) is 0 Å². The molecule has 0 aliphatic carbocycles.